The minimum absolute atomic E-state index is 0.0300. The van der Waals surface area contributed by atoms with E-state index in [0.29, 0.717) is 5.56 Å². The zero-order valence-electron chi connectivity index (χ0n) is 12.6. The van der Waals surface area contributed by atoms with Crippen molar-refractivity contribution in [3.63, 3.8) is 0 Å². The van der Waals surface area contributed by atoms with Crippen molar-refractivity contribution in [2.24, 2.45) is 0 Å². The third-order valence-corrected chi connectivity index (χ3v) is 4.09. The van der Waals surface area contributed by atoms with Crippen molar-refractivity contribution < 1.29 is 9.90 Å². The number of phenolic OH excluding ortho intramolecular Hbond substituents is 1. The van der Waals surface area contributed by atoms with Crippen LogP contribution in [-0.4, -0.2) is 53.5 Å². The predicted molar refractivity (Wildman–Crippen MR) is 80.1 cm³/mol. The van der Waals surface area contributed by atoms with Gasteiger partial charge in [0, 0.05) is 24.7 Å². The summed E-state index contributed by atoms with van der Waals surface area (Å²) in [4.78, 5) is 16.9. The van der Waals surface area contributed by atoms with E-state index in [9.17, 15) is 9.90 Å². The molecule has 1 unspecified atom stereocenters. The summed E-state index contributed by atoms with van der Waals surface area (Å²) in [6, 6.07) is 5.43. The summed E-state index contributed by atoms with van der Waals surface area (Å²) >= 11 is 0. The number of carbonyl (C=O) groups is 1. The number of carbonyl (C=O) groups excluding carboxylic acids is 1. The Labute approximate surface area is 121 Å². The lowest BCUT2D eigenvalue weighted by atomic mass is 10.1. The Morgan fingerprint density at radius 2 is 2.15 bits per heavy atom. The molecule has 1 heterocycles. The van der Waals surface area contributed by atoms with Gasteiger partial charge in [0.1, 0.15) is 5.75 Å². The second kappa shape index (κ2) is 6.27. The van der Waals surface area contributed by atoms with Gasteiger partial charge in [-0.3, -0.25) is 4.79 Å². The largest absolute Gasteiger partial charge is 0.508 e. The Balaban J connectivity index is 2.23. The number of hydrogen-bond donors (Lipinski definition) is 1. The molecule has 4 nitrogen and oxygen atoms in total. The molecule has 1 amide bonds. The van der Waals surface area contributed by atoms with Gasteiger partial charge < -0.3 is 14.9 Å². The highest BCUT2D eigenvalue weighted by Crippen LogP contribution is 2.21. The Morgan fingerprint density at radius 3 is 2.80 bits per heavy atom. The third-order valence-electron chi connectivity index (χ3n) is 4.09. The topological polar surface area (TPSA) is 43.8 Å². The number of hydrogen-bond acceptors (Lipinski definition) is 3. The molecule has 2 rings (SSSR count). The van der Waals surface area contributed by atoms with E-state index in [1.54, 1.807) is 18.2 Å². The van der Waals surface area contributed by atoms with Crippen LogP contribution in [0.15, 0.2) is 18.2 Å². The van der Waals surface area contributed by atoms with E-state index in [1.807, 2.05) is 11.8 Å². The number of phenols is 1. The second-order valence-electron chi connectivity index (χ2n) is 5.68. The smallest absolute Gasteiger partial charge is 0.254 e. The molecule has 1 atom stereocenters. The predicted octanol–water partition coefficient (Wildman–Crippen LogP) is 2.26. The fourth-order valence-corrected chi connectivity index (χ4v) is 2.77. The molecule has 0 bridgehead atoms. The van der Waals surface area contributed by atoms with E-state index in [4.69, 9.17) is 0 Å². The van der Waals surface area contributed by atoms with Crippen LogP contribution < -0.4 is 0 Å². The molecule has 20 heavy (non-hydrogen) atoms. The van der Waals surface area contributed by atoms with Crippen molar-refractivity contribution in [1.82, 2.24) is 9.80 Å². The highest BCUT2D eigenvalue weighted by atomic mass is 16.3. The maximum Gasteiger partial charge on any atom is 0.254 e. The quantitative estimate of drug-likeness (QED) is 0.901. The first-order chi connectivity index (χ1) is 9.52. The third kappa shape index (κ3) is 3.12. The number of aryl methyl sites for hydroxylation is 1. The lowest BCUT2D eigenvalue weighted by molar-refractivity contribution is 0.0675. The van der Waals surface area contributed by atoms with E-state index in [1.165, 1.54) is 0 Å². The lowest BCUT2D eigenvalue weighted by Gasteiger charge is -2.30. The van der Waals surface area contributed by atoms with Crippen molar-refractivity contribution in [1.29, 1.82) is 0 Å². The maximum absolute atomic E-state index is 12.7. The van der Waals surface area contributed by atoms with Gasteiger partial charge in [-0.1, -0.05) is 13.0 Å². The zero-order chi connectivity index (χ0) is 14.7. The number of amides is 1. The summed E-state index contributed by atoms with van der Waals surface area (Å²) in [6.45, 7) is 6.69. The molecule has 1 aliphatic rings. The molecule has 0 aromatic heterocycles. The number of benzene rings is 1. The Kier molecular flexibility index (Phi) is 4.65. The zero-order valence-corrected chi connectivity index (χ0v) is 12.6. The van der Waals surface area contributed by atoms with Crippen LogP contribution in [0.4, 0.5) is 0 Å². The molecule has 1 saturated heterocycles. The van der Waals surface area contributed by atoms with Gasteiger partial charge in [-0.2, -0.15) is 0 Å². The minimum atomic E-state index is 0.0300. The first-order valence-electron chi connectivity index (χ1n) is 7.32. The van der Waals surface area contributed by atoms with Crippen LogP contribution in [0.3, 0.4) is 0 Å². The van der Waals surface area contributed by atoms with Crippen LogP contribution in [0.25, 0.3) is 0 Å². The Morgan fingerprint density at radius 1 is 1.40 bits per heavy atom. The molecule has 110 valence electrons. The molecule has 0 aliphatic carbocycles. The summed E-state index contributed by atoms with van der Waals surface area (Å²) in [5.74, 6) is 0.221. The summed E-state index contributed by atoms with van der Waals surface area (Å²) in [5.41, 5.74) is 1.38. The first-order valence-corrected chi connectivity index (χ1v) is 7.32. The fourth-order valence-electron chi connectivity index (χ4n) is 2.77. The van der Waals surface area contributed by atoms with Crippen LogP contribution in [0.2, 0.25) is 0 Å². The molecule has 1 aliphatic heterocycles. The molecule has 1 aromatic carbocycles. The van der Waals surface area contributed by atoms with E-state index in [2.05, 4.69) is 18.9 Å². The standard InChI is InChI=1S/C16H24N2O2/c1-4-14-11-17(3)8-5-9-18(14)16(20)13-7-6-12(2)15(19)10-13/h6-7,10,14,19H,4-5,8-9,11H2,1-3H3. The van der Waals surface area contributed by atoms with Gasteiger partial charge in [0.2, 0.25) is 0 Å². The van der Waals surface area contributed by atoms with Gasteiger partial charge in [-0.25, -0.2) is 0 Å². The summed E-state index contributed by atoms with van der Waals surface area (Å²) in [6.07, 6.45) is 1.95. The molecule has 1 fully saturated rings. The summed E-state index contributed by atoms with van der Waals surface area (Å²) in [7, 11) is 2.11. The lowest BCUT2D eigenvalue weighted by Crippen LogP contribution is -2.43. The van der Waals surface area contributed by atoms with Crippen molar-refractivity contribution in [3.05, 3.63) is 29.3 Å². The molecule has 4 heteroatoms. The maximum atomic E-state index is 12.7. The molecular formula is C16H24N2O2. The summed E-state index contributed by atoms with van der Waals surface area (Å²) in [5, 5.41) is 9.79. The minimum Gasteiger partial charge on any atom is -0.508 e. The Hall–Kier alpha value is -1.55. The van der Waals surface area contributed by atoms with Gasteiger partial charge in [0.15, 0.2) is 0 Å². The molecule has 1 N–H and O–H groups in total. The van der Waals surface area contributed by atoms with Gasteiger partial charge in [-0.05, 0) is 51.1 Å². The number of nitrogens with zero attached hydrogens (tertiary/aromatic N) is 2. The van der Waals surface area contributed by atoms with Crippen LogP contribution in [0.1, 0.15) is 35.7 Å². The van der Waals surface area contributed by atoms with E-state index in [-0.39, 0.29) is 17.7 Å². The van der Waals surface area contributed by atoms with Gasteiger partial charge >= 0.3 is 0 Å². The molecule has 1 aromatic rings. The molecule has 0 spiro atoms. The summed E-state index contributed by atoms with van der Waals surface area (Å²) < 4.78 is 0. The van der Waals surface area contributed by atoms with Crippen LogP contribution >= 0.6 is 0 Å². The first kappa shape index (κ1) is 14.9. The van der Waals surface area contributed by atoms with Crippen molar-refractivity contribution >= 4 is 5.91 Å². The van der Waals surface area contributed by atoms with E-state index >= 15 is 0 Å². The second-order valence-corrected chi connectivity index (χ2v) is 5.68. The van der Waals surface area contributed by atoms with Crippen molar-refractivity contribution in [2.45, 2.75) is 32.7 Å². The van der Waals surface area contributed by atoms with Gasteiger partial charge in [0.05, 0.1) is 0 Å². The molecule has 0 saturated carbocycles. The van der Waals surface area contributed by atoms with Crippen LogP contribution in [0.5, 0.6) is 5.75 Å². The highest BCUT2D eigenvalue weighted by Gasteiger charge is 2.27. The number of likely N-dealkylation sites (N-methyl/N-ethyl adjacent to an activating group) is 1. The van der Waals surface area contributed by atoms with E-state index in [0.717, 1.165) is 38.0 Å². The molecule has 0 radical (unpaired) electrons. The SMILES string of the molecule is CCC1CN(C)CCCN1C(=O)c1ccc(C)c(O)c1. The molecular weight excluding hydrogens is 252 g/mol. The average molecular weight is 276 g/mol. The van der Waals surface area contributed by atoms with Crippen molar-refractivity contribution in [2.75, 3.05) is 26.7 Å². The average Bonchev–Trinajstić information content (AvgIpc) is 2.62. The monoisotopic (exact) mass is 276 g/mol. The van der Waals surface area contributed by atoms with Crippen LogP contribution in [0, 0.1) is 6.92 Å². The van der Waals surface area contributed by atoms with E-state index < -0.39 is 0 Å². The Bertz CT molecular complexity index is 487. The number of rotatable bonds is 2. The fraction of sp³-hybridized carbons (Fsp3) is 0.562. The van der Waals surface area contributed by atoms with Crippen LogP contribution in [-0.2, 0) is 0 Å². The normalized spacial score (nSPS) is 20.8. The number of aromatic hydroxyl groups is 1. The van der Waals surface area contributed by atoms with Gasteiger partial charge in [-0.15, -0.1) is 0 Å². The highest BCUT2D eigenvalue weighted by molar-refractivity contribution is 5.95. The van der Waals surface area contributed by atoms with Crippen molar-refractivity contribution in [3.8, 4) is 5.75 Å². The van der Waals surface area contributed by atoms with Gasteiger partial charge in [0.25, 0.3) is 5.91 Å².